The van der Waals surface area contributed by atoms with Gasteiger partial charge in [-0.05, 0) is 54.5 Å². The van der Waals surface area contributed by atoms with Crippen LogP contribution >= 0.6 is 23.1 Å². The van der Waals surface area contributed by atoms with Crippen LogP contribution in [0, 0.1) is 0 Å². The highest BCUT2D eigenvalue weighted by Crippen LogP contribution is 2.45. The van der Waals surface area contributed by atoms with Crippen molar-refractivity contribution >= 4 is 40.1 Å². The number of carbonyl (C=O) groups excluding carboxylic acids is 2. The number of aliphatic imine (C=N–C) groups is 1. The van der Waals surface area contributed by atoms with Crippen molar-refractivity contribution in [2.24, 2.45) is 4.99 Å². The zero-order chi connectivity index (χ0) is 21.1. The Morgan fingerprint density at radius 3 is 3.00 bits per heavy atom. The maximum atomic E-state index is 12.8. The summed E-state index contributed by atoms with van der Waals surface area (Å²) in [6.07, 6.45) is 2.34. The molecule has 1 amide bonds. The van der Waals surface area contributed by atoms with Gasteiger partial charge < -0.3 is 19.7 Å². The van der Waals surface area contributed by atoms with Gasteiger partial charge in [0.25, 0.3) is 0 Å². The Balaban J connectivity index is 1.55. The molecule has 9 heteroatoms. The Hall–Kier alpha value is -2.10. The molecule has 1 fully saturated rings. The van der Waals surface area contributed by atoms with E-state index in [4.69, 9.17) is 9.47 Å². The van der Waals surface area contributed by atoms with E-state index >= 15 is 0 Å². The largest absolute Gasteiger partial charge is 0.463 e. The number of thiophene rings is 1. The molecule has 3 aliphatic rings. The lowest BCUT2D eigenvalue weighted by Crippen LogP contribution is -2.38. The summed E-state index contributed by atoms with van der Waals surface area (Å²) in [6, 6.07) is 1.65. The second kappa shape index (κ2) is 9.36. The molecule has 3 aliphatic heterocycles. The first-order chi connectivity index (χ1) is 14.6. The molecule has 1 saturated heterocycles. The van der Waals surface area contributed by atoms with Crippen LogP contribution < -0.4 is 5.32 Å². The first-order valence-electron chi connectivity index (χ1n) is 10.1. The van der Waals surface area contributed by atoms with Gasteiger partial charge in [0.1, 0.15) is 0 Å². The van der Waals surface area contributed by atoms with Gasteiger partial charge in [-0.15, -0.1) is 0 Å². The van der Waals surface area contributed by atoms with Crippen LogP contribution in [0.2, 0.25) is 0 Å². The van der Waals surface area contributed by atoms with Gasteiger partial charge >= 0.3 is 5.97 Å². The fraction of sp³-hybridized carbons (Fsp3) is 0.476. The molecule has 0 spiro atoms. The van der Waals surface area contributed by atoms with Crippen LogP contribution in [0.5, 0.6) is 0 Å². The van der Waals surface area contributed by atoms with Gasteiger partial charge in [0.15, 0.2) is 5.17 Å². The smallest absolute Gasteiger partial charge is 0.338 e. The van der Waals surface area contributed by atoms with Crippen molar-refractivity contribution in [3.8, 4) is 0 Å². The predicted octanol–water partition coefficient (Wildman–Crippen LogP) is 3.57. The minimum absolute atomic E-state index is 0.0633. The van der Waals surface area contributed by atoms with Crippen LogP contribution in [0.1, 0.15) is 44.7 Å². The number of amides is 1. The number of rotatable bonds is 7. The van der Waals surface area contributed by atoms with Gasteiger partial charge in [0.2, 0.25) is 5.91 Å². The normalized spacial score (nSPS) is 23.2. The Labute approximate surface area is 184 Å². The van der Waals surface area contributed by atoms with E-state index in [1.54, 1.807) is 18.3 Å². The number of fused-ring (bicyclic) bond motifs is 1. The van der Waals surface area contributed by atoms with Crippen molar-refractivity contribution in [3.05, 3.63) is 44.8 Å². The van der Waals surface area contributed by atoms with Crippen molar-refractivity contribution in [3.63, 3.8) is 0 Å². The topological polar surface area (TPSA) is 80.2 Å². The highest BCUT2D eigenvalue weighted by molar-refractivity contribution is 8.16. The number of amidine groups is 1. The third-order valence-corrected chi connectivity index (χ3v) is 6.84. The number of esters is 1. The maximum Gasteiger partial charge on any atom is 0.338 e. The molecule has 0 radical (unpaired) electrons. The molecule has 4 rings (SSSR count). The van der Waals surface area contributed by atoms with Crippen LogP contribution in [0.4, 0.5) is 0 Å². The molecular formula is C21H25N3O4S2. The van der Waals surface area contributed by atoms with E-state index in [0.717, 1.165) is 35.9 Å². The van der Waals surface area contributed by atoms with Crippen molar-refractivity contribution in [1.29, 1.82) is 0 Å². The molecule has 0 aliphatic carbocycles. The van der Waals surface area contributed by atoms with Gasteiger partial charge in [0.05, 0.1) is 36.4 Å². The molecule has 0 bridgehead atoms. The van der Waals surface area contributed by atoms with E-state index in [-0.39, 0.29) is 30.4 Å². The number of thioether (sulfide) groups is 1. The SMILES string of the molecule is CCOC(=O)C1=C(C)N=C2SC=C(CC(=O)NC[C@@H]3CCCO3)N2[C@@H]1c1ccsc1. The standard InChI is InChI=1S/C21H25N3O4S2/c1-3-27-20(26)18-13(2)23-21-24(19(18)14-6-8-29-11-14)15(12-30-21)9-17(25)22-10-16-5-4-7-28-16/h6,8,11-12,16,19H,3-5,7,9-10H2,1-2H3,(H,22,25)/t16-,19+/m0/s1. The van der Waals surface area contributed by atoms with Crippen LogP contribution in [-0.4, -0.2) is 47.8 Å². The molecule has 7 nitrogen and oxygen atoms in total. The molecule has 0 saturated carbocycles. The third kappa shape index (κ3) is 4.33. The van der Waals surface area contributed by atoms with Crippen molar-refractivity contribution in [1.82, 2.24) is 10.2 Å². The highest BCUT2D eigenvalue weighted by Gasteiger charge is 2.41. The summed E-state index contributed by atoms with van der Waals surface area (Å²) >= 11 is 3.05. The quantitative estimate of drug-likeness (QED) is 0.644. The minimum Gasteiger partial charge on any atom is -0.463 e. The summed E-state index contributed by atoms with van der Waals surface area (Å²) in [5.74, 6) is -0.431. The Kier molecular flexibility index (Phi) is 6.60. The molecular weight excluding hydrogens is 422 g/mol. The summed E-state index contributed by atoms with van der Waals surface area (Å²) in [5.41, 5.74) is 2.99. The summed E-state index contributed by atoms with van der Waals surface area (Å²) in [5, 5.41) is 9.72. The van der Waals surface area contributed by atoms with Crippen molar-refractivity contribution < 1.29 is 19.1 Å². The van der Waals surface area contributed by atoms with Gasteiger partial charge in [-0.3, -0.25) is 4.79 Å². The number of ether oxygens (including phenoxy) is 2. The maximum absolute atomic E-state index is 12.8. The molecule has 2 atom stereocenters. The van der Waals surface area contributed by atoms with E-state index in [9.17, 15) is 9.59 Å². The molecule has 160 valence electrons. The number of nitrogens with zero attached hydrogens (tertiary/aromatic N) is 2. The third-order valence-electron chi connectivity index (χ3n) is 5.25. The Morgan fingerprint density at radius 2 is 2.30 bits per heavy atom. The van der Waals surface area contributed by atoms with Gasteiger partial charge in [-0.25, -0.2) is 9.79 Å². The average molecular weight is 448 g/mol. The van der Waals surface area contributed by atoms with E-state index in [2.05, 4.69) is 10.3 Å². The number of carbonyl (C=O) groups is 2. The van der Waals surface area contributed by atoms with E-state index in [0.29, 0.717) is 24.4 Å². The minimum atomic E-state index is -0.368. The first kappa shape index (κ1) is 21.1. The number of hydrogen-bond donors (Lipinski definition) is 1. The molecule has 1 aromatic heterocycles. The highest BCUT2D eigenvalue weighted by atomic mass is 32.2. The average Bonchev–Trinajstić information content (AvgIpc) is 3.48. The number of allylic oxidation sites excluding steroid dienone is 1. The van der Waals surface area contributed by atoms with Crippen LogP contribution in [-0.2, 0) is 19.1 Å². The molecule has 1 aromatic rings. The first-order valence-corrected chi connectivity index (χ1v) is 11.9. The second-order valence-corrected chi connectivity index (χ2v) is 8.90. The summed E-state index contributed by atoms with van der Waals surface area (Å²) < 4.78 is 10.9. The molecule has 1 N–H and O–H groups in total. The van der Waals surface area contributed by atoms with Crippen LogP contribution in [0.15, 0.2) is 44.2 Å². The Bertz CT molecular complexity index is 901. The summed E-state index contributed by atoms with van der Waals surface area (Å²) in [4.78, 5) is 32.0. The molecule has 4 heterocycles. The van der Waals surface area contributed by atoms with Crippen molar-refractivity contribution in [2.75, 3.05) is 19.8 Å². The number of hydrogen-bond acceptors (Lipinski definition) is 8. The molecule has 0 unspecified atom stereocenters. The zero-order valence-corrected chi connectivity index (χ0v) is 18.7. The zero-order valence-electron chi connectivity index (χ0n) is 17.1. The Morgan fingerprint density at radius 1 is 1.43 bits per heavy atom. The number of nitrogens with one attached hydrogen (secondary N) is 1. The van der Waals surface area contributed by atoms with E-state index in [1.165, 1.54) is 11.8 Å². The second-order valence-electron chi connectivity index (χ2n) is 7.29. The van der Waals surface area contributed by atoms with E-state index < -0.39 is 0 Å². The van der Waals surface area contributed by atoms with Crippen LogP contribution in [0.25, 0.3) is 0 Å². The molecule has 30 heavy (non-hydrogen) atoms. The fourth-order valence-corrected chi connectivity index (χ4v) is 5.49. The predicted molar refractivity (Wildman–Crippen MR) is 118 cm³/mol. The van der Waals surface area contributed by atoms with Gasteiger partial charge in [0, 0.05) is 18.8 Å². The summed E-state index contributed by atoms with van der Waals surface area (Å²) in [6.45, 7) is 5.22. The monoisotopic (exact) mass is 447 g/mol. The van der Waals surface area contributed by atoms with Crippen LogP contribution in [0.3, 0.4) is 0 Å². The fourth-order valence-electron chi connectivity index (χ4n) is 3.85. The molecule has 0 aromatic carbocycles. The lowest BCUT2D eigenvalue weighted by molar-refractivity contribution is -0.139. The van der Waals surface area contributed by atoms with Crippen molar-refractivity contribution in [2.45, 2.75) is 45.3 Å². The van der Waals surface area contributed by atoms with Gasteiger partial charge in [-0.1, -0.05) is 11.8 Å². The van der Waals surface area contributed by atoms with E-state index in [1.807, 2.05) is 34.1 Å². The van der Waals surface area contributed by atoms with Gasteiger partial charge in [-0.2, -0.15) is 11.3 Å². The summed E-state index contributed by atoms with van der Waals surface area (Å²) in [7, 11) is 0. The lowest BCUT2D eigenvalue weighted by Gasteiger charge is -2.35. The lowest BCUT2D eigenvalue weighted by atomic mass is 9.96.